The summed E-state index contributed by atoms with van der Waals surface area (Å²) in [5.41, 5.74) is 1.06. The molecule has 0 aliphatic heterocycles. The molecule has 4 nitrogen and oxygen atoms in total. The van der Waals surface area contributed by atoms with Crippen LogP contribution in [0.3, 0.4) is 0 Å². The summed E-state index contributed by atoms with van der Waals surface area (Å²) in [4.78, 5) is 11.4. The molecule has 0 heterocycles. The van der Waals surface area contributed by atoms with Crippen LogP contribution in [0.2, 0.25) is 0 Å². The van der Waals surface area contributed by atoms with Crippen molar-refractivity contribution in [2.45, 2.75) is 26.6 Å². The molecule has 0 saturated carbocycles. The number of aliphatic hydroxyl groups is 1. The molecule has 4 heteroatoms. The average molecular weight is 278 g/mol. The first kappa shape index (κ1) is 16.4. The number of aliphatic hydroxyl groups excluding tert-OH is 1. The zero-order valence-corrected chi connectivity index (χ0v) is 12.0. The van der Waals surface area contributed by atoms with Gasteiger partial charge in [0.25, 0.3) is 0 Å². The molecule has 0 amide bonds. The van der Waals surface area contributed by atoms with Crippen LogP contribution >= 0.6 is 0 Å². The van der Waals surface area contributed by atoms with Crippen molar-refractivity contribution in [3.05, 3.63) is 48.0 Å². The lowest BCUT2D eigenvalue weighted by Crippen LogP contribution is -2.15. The maximum Gasteiger partial charge on any atom is 0.312 e. The SMILES string of the molecule is CCOC(=O)[C@@H](C)C=C[C@H](O)COCc1ccccc1. The van der Waals surface area contributed by atoms with E-state index < -0.39 is 6.10 Å². The number of rotatable bonds is 8. The maximum absolute atomic E-state index is 11.4. The topological polar surface area (TPSA) is 55.8 Å². The highest BCUT2D eigenvalue weighted by molar-refractivity contribution is 5.73. The maximum atomic E-state index is 11.4. The molecule has 0 saturated heterocycles. The number of hydrogen-bond donors (Lipinski definition) is 1. The molecule has 0 aliphatic rings. The fourth-order valence-corrected chi connectivity index (χ4v) is 1.57. The molecule has 0 aliphatic carbocycles. The van der Waals surface area contributed by atoms with Crippen molar-refractivity contribution >= 4 is 5.97 Å². The van der Waals surface area contributed by atoms with E-state index in [-0.39, 0.29) is 18.5 Å². The van der Waals surface area contributed by atoms with Crippen LogP contribution in [0.15, 0.2) is 42.5 Å². The molecular formula is C16H22O4. The van der Waals surface area contributed by atoms with Gasteiger partial charge >= 0.3 is 5.97 Å². The monoisotopic (exact) mass is 278 g/mol. The fourth-order valence-electron chi connectivity index (χ4n) is 1.57. The molecule has 0 radical (unpaired) electrons. The summed E-state index contributed by atoms with van der Waals surface area (Å²) in [7, 11) is 0. The normalized spacial score (nSPS) is 14.2. The van der Waals surface area contributed by atoms with Crippen molar-refractivity contribution in [3.63, 3.8) is 0 Å². The summed E-state index contributed by atoms with van der Waals surface area (Å²) >= 11 is 0. The van der Waals surface area contributed by atoms with Crippen LogP contribution in [0.1, 0.15) is 19.4 Å². The Morgan fingerprint density at radius 3 is 2.65 bits per heavy atom. The molecule has 0 fully saturated rings. The summed E-state index contributed by atoms with van der Waals surface area (Å²) in [6.45, 7) is 4.51. The first-order valence-electron chi connectivity index (χ1n) is 6.78. The summed E-state index contributed by atoms with van der Waals surface area (Å²) in [5.74, 6) is -0.653. The Labute approximate surface area is 120 Å². The van der Waals surface area contributed by atoms with Gasteiger partial charge in [0, 0.05) is 0 Å². The molecule has 0 bridgehead atoms. The zero-order valence-electron chi connectivity index (χ0n) is 12.0. The van der Waals surface area contributed by atoms with Crippen molar-refractivity contribution in [2.24, 2.45) is 5.92 Å². The second-order valence-electron chi connectivity index (χ2n) is 4.49. The fraction of sp³-hybridized carbons (Fsp3) is 0.438. The minimum absolute atomic E-state index is 0.195. The third kappa shape index (κ3) is 6.50. The predicted octanol–water partition coefficient (Wildman–Crippen LogP) is 2.32. The molecule has 1 aromatic carbocycles. The number of hydrogen-bond acceptors (Lipinski definition) is 4. The van der Waals surface area contributed by atoms with Gasteiger partial charge in [-0.05, 0) is 19.4 Å². The van der Waals surface area contributed by atoms with Crippen LogP contribution in [0, 0.1) is 5.92 Å². The summed E-state index contributed by atoms with van der Waals surface area (Å²) in [6.07, 6.45) is 2.47. The third-order valence-electron chi connectivity index (χ3n) is 2.68. The summed E-state index contributed by atoms with van der Waals surface area (Å²) in [5, 5.41) is 9.72. The van der Waals surface area contributed by atoms with Crippen LogP contribution in [0.5, 0.6) is 0 Å². The Kier molecular flexibility index (Phi) is 7.62. The van der Waals surface area contributed by atoms with Crippen molar-refractivity contribution in [3.8, 4) is 0 Å². The molecule has 1 rings (SSSR count). The number of benzene rings is 1. The minimum Gasteiger partial charge on any atom is -0.466 e. The number of esters is 1. The highest BCUT2D eigenvalue weighted by Gasteiger charge is 2.10. The lowest BCUT2D eigenvalue weighted by Gasteiger charge is -2.09. The Hall–Kier alpha value is -1.65. The highest BCUT2D eigenvalue weighted by Crippen LogP contribution is 2.04. The molecule has 2 atom stereocenters. The molecule has 0 unspecified atom stereocenters. The average Bonchev–Trinajstić information content (AvgIpc) is 2.46. The molecule has 0 spiro atoms. The van der Waals surface area contributed by atoms with Gasteiger partial charge < -0.3 is 14.6 Å². The van der Waals surface area contributed by atoms with Gasteiger partial charge in [0.05, 0.1) is 31.8 Å². The van der Waals surface area contributed by atoms with Crippen molar-refractivity contribution < 1.29 is 19.4 Å². The second kappa shape index (κ2) is 9.28. The Bertz CT molecular complexity index is 414. The van der Waals surface area contributed by atoms with Gasteiger partial charge in [0.1, 0.15) is 0 Å². The summed E-state index contributed by atoms with van der Waals surface area (Å²) in [6, 6.07) is 9.75. The first-order chi connectivity index (χ1) is 9.63. The smallest absolute Gasteiger partial charge is 0.312 e. The lowest BCUT2D eigenvalue weighted by atomic mass is 10.1. The van der Waals surface area contributed by atoms with Gasteiger partial charge in [-0.3, -0.25) is 4.79 Å². The largest absolute Gasteiger partial charge is 0.466 e. The van der Waals surface area contributed by atoms with Gasteiger partial charge in [-0.1, -0.05) is 42.5 Å². The van der Waals surface area contributed by atoms with Gasteiger partial charge in [0.15, 0.2) is 0 Å². The number of carbonyl (C=O) groups excluding carboxylic acids is 1. The molecule has 1 aromatic rings. The standard InChI is InChI=1S/C16H22O4/c1-3-20-16(18)13(2)9-10-15(17)12-19-11-14-7-5-4-6-8-14/h4-10,13,15,17H,3,11-12H2,1-2H3/t13-,15-/m0/s1. The van der Waals surface area contributed by atoms with Crippen molar-refractivity contribution in [2.75, 3.05) is 13.2 Å². The first-order valence-corrected chi connectivity index (χ1v) is 6.78. The van der Waals surface area contributed by atoms with E-state index in [1.165, 1.54) is 0 Å². The third-order valence-corrected chi connectivity index (χ3v) is 2.68. The van der Waals surface area contributed by atoms with Crippen LogP contribution in [-0.2, 0) is 20.9 Å². The molecule has 0 aromatic heterocycles. The molecule has 1 N–H and O–H groups in total. The minimum atomic E-state index is -0.726. The van der Waals surface area contributed by atoms with E-state index in [1.807, 2.05) is 30.3 Å². The molecular weight excluding hydrogens is 256 g/mol. The number of carbonyl (C=O) groups is 1. The van der Waals surface area contributed by atoms with Gasteiger partial charge in [0.2, 0.25) is 0 Å². The van der Waals surface area contributed by atoms with Crippen LogP contribution in [-0.4, -0.2) is 30.4 Å². The van der Waals surface area contributed by atoms with E-state index in [0.29, 0.717) is 13.2 Å². The Morgan fingerprint density at radius 2 is 2.00 bits per heavy atom. The highest BCUT2D eigenvalue weighted by atomic mass is 16.5. The van der Waals surface area contributed by atoms with E-state index in [4.69, 9.17) is 9.47 Å². The van der Waals surface area contributed by atoms with E-state index in [9.17, 15) is 9.90 Å². The van der Waals surface area contributed by atoms with Gasteiger partial charge in [-0.25, -0.2) is 0 Å². The van der Waals surface area contributed by atoms with Gasteiger partial charge in [-0.15, -0.1) is 0 Å². The van der Waals surface area contributed by atoms with E-state index in [1.54, 1.807) is 26.0 Å². The number of ether oxygens (including phenoxy) is 2. The molecule has 20 heavy (non-hydrogen) atoms. The van der Waals surface area contributed by atoms with E-state index in [0.717, 1.165) is 5.56 Å². The van der Waals surface area contributed by atoms with Gasteiger partial charge in [-0.2, -0.15) is 0 Å². The van der Waals surface area contributed by atoms with Crippen LogP contribution < -0.4 is 0 Å². The van der Waals surface area contributed by atoms with Crippen LogP contribution in [0.25, 0.3) is 0 Å². The predicted molar refractivity (Wildman–Crippen MR) is 77.0 cm³/mol. The van der Waals surface area contributed by atoms with Crippen molar-refractivity contribution in [1.29, 1.82) is 0 Å². The quantitative estimate of drug-likeness (QED) is 0.585. The van der Waals surface area contributed by atoms with E-state index in [2.05, 4.69) is 0 Å². The van der Waals surface area contributed by atoms with Crippen molar-refractivity contribution in [1.82, 2.24) is 0 Å². The Morgan fingerprint density at radius 1 is 1.30 bits per heavy atom. The van der Waals surface area contributed by atoms with Crippen LogP contribution in [0.4, 0.5) is 0 Å². The Balaban J connectivity index is 2.26. The van der Waals surface area contributed by atoms with E-state index >= 15 is 0 Å². The lowest BCUT2D eigenvalue weighted by molar-refractivity contribution is -0.145. The summed E-state index contributed by atoms with van der Waals surface area (Å²) < 4.78 is 10.3. The zero-order chi connectivity index (χ0) is 14.8. The second-order valence-corrected chi connectivity index (χ2v) is 4.49. The molecule has 110 valence electrons.